The maximum Gasteiger partial charge on any atom is 0.250 e. The third kappa shape index (κ3) is 5.74. The molecule has 8 heteroatoms. The topological polar surface area (TPSA) is 91.2 Å². The van der Waals surface area contributed by atoms with E-state index in [9.17, 15) is 4.79 Å². The standard InChI is InChI=1S/C23H21N5O3/c1-17-25-21(28-13-5-12-24-28)14-23(26-17)31-20-10-8-19(9-11-20)27-22(29)16-30-15-18-6-3-2-4-7-18/h2-14H,15-16H2,1H3,(H,27,29). The van der Waals surface area contributed by atoms with Crippen molar-refractivity contribution in [3.05, 3.63) is 90.5 Å². The van der Waals surface area contributed by atoms with Gasteiger partial charge in [0, 0.05) is 24.1 Å². The molecule has 2 aromatic heterocycles. The molecule has 0 atom stereocenters. The number of benzene rings is 2. The van der Waals surface area contributed by atoms with Gasteiger partial charge in [-0.05, 0) is 42.8 Å². The third-order valence-electron chi connectivity index (χ3n) is 4.25. The minimum absolute atomic E-state index is 0.0242. The van der Waals surface area contributed by atoms with Crippen molar-refractivity contribution in [2.75, 3.05) is 11.9 Å². The first kappa shape index (κ1) is 20.2. The van der Waals surface area contributed by atoms with Gasteiger partial charge in [-0.25, -0.2) is 9.67 Å². The Bertz CT molecular complexity index is 1130. The second kappa shape index (κ2) is 9.64. The molecule has 31 heavy (non-hydrogen) atoms. The lowest BCUT2D eigenvalue weighted by atomic mass is 10.2. The first-order chi connectivity index (χ1) is 15.2. The van der Waals surface area contributed by atoms with Crippen LogP contribution < -0.4 is 10.1 Å². The molecule has 1 amide bonds. The summed E-state index contributed by atoms with van der Waals surface area (Å²) in [6, 6.07) is 20.3. The van der Waals surface area contributed by atoms with Crippen molar-refractivity contribution in [3.63, 3.8) is 0 Å². The number of ether oxygens (including phenoxy) is 2. The van der Waals surface area contributed by atoms with E-state index in [1.807, 2.05) is 36.4 Å². The number of aromatic nitrogens is 4. The number of carbonyl (C=O) groups is 1. The molecule has 156 valence electrons. The highest BCUT2D eigenvalue weighted by Crippen LogP contribution is 2.23. The van der Waals surface area contributed by atoms with Crippen LogP contribution in [0.4, 0.5) is 5.69 Å². The molecule has 8 nitrogen and oxygen atoms in total. The Hall–Kier alpha value is -4.04. The first-order valence-corrected chi connectivity index (χ1v) is 9.71. The van der Waals surface area contributed by atoms with Gasteiger partial charge in [0.2, 0.25) is 11.8 Å². The third-order valence-corrected chi connectivity index (χ3v) is 4.25. The van der Waals surface area contributed by atoms with Gasteiger partial charge in [-0.3, -0.25) is 4.79 Å². The SMILES string of the molecule is Cc1nc(Oc2ccc(NC(=O)COCc3ccccc3)cc2)cc(-n2cccn2)n1. The number of rotatable bonds is 8. The monoisotopic (exact) mass is 415 g/mol. The Labute approximate surface area is 179 Å². The van der Waals surface area contributed by atoms with Crippen LogP contribution >= 0.6 is 0 Å². The van der Waals surface area contributed by atoms with E-state index in [0.29, 0.717) is 35.6 Å². The van der Waals surface area contributed by atoms with Gasteiger partial charge in [0.15, 0.2) is 5.82 Å². The number of nitrogens with one attached hydrogen (secondary N) is 1. The Morgan fingerprint density at radius 2 is 1.84 bits per heavy atom. The zero-order valence-corrected chi connectivity index (χ0v) is 16.9. The molecule has 2 aromatic carbocycles. The maximum absolute atomic E-state index is 12.1. The molecule has 0 radical (unpaired) electrons. The van der Waals surface area contributed by atoms with Gasteiger partial charge in [-0.1, -0.05) is 30.3 Å². The molecule has 1 N–H and O–H groups in total. The average molecular weight is 415 g/mol. The molecule has 0 bridgehead atoms. The van der Waals surface area contributed by atoms with E-state index in [1.54, 1.807) is 54.3 Å². The molecular formula is C23H21N5O3. The summed E-state index contributed by atoms with van der Waals surface area (Å²) in [5, 5.41) is 6.97. The van der Waals surface area contributed by atoms with Crippen LogP contribution in [0.25, 0.3) is 5.82 Å². The molecule has 0 unspecified atom stereocenters. The first-order valence-electron chi connectivity index (χ1n) is 9.71. The quantitative estimate of drug-likeness (QED) is 0.469. The van der Waals surface area contributed by atoms with Gasteiger partial charge in [-0.15, -0.1) is 0 Å². The molecule has 0 fully saturated rings. The van der Waals surface area contributed by atoms with Gasteiger partial charge < -0.3 is 14.8 Å². The minimum atomic E-state index is -0.222. The molecule has 0 aliphatic heterocycles. The van der Waals surface area contributed by atoms with Crippen LogP contribution in [-0.4, -0.2) is 32.3 Å². The fraction of sp³-hybridized carbons (Fsp3) is 0.130. The summed E-state index contributed by atoms with van der Waals surface area (Å²) in [4.78, 5) is 20.7. The molecule has 4 rings (SSSR count). The van der Waals surface area contributed by atoms with Crippen LogP contribution in [0.3, 0.4) is 0 Å². The second-order valence-electron chi connectivity index (χ2n) is 6.72. The van der Waals surface area contributed by atoms with E-state index in [-0.39, 0.29) is 12.5 Å². The van der Waals surface area contributed by atoms with Crippen LogP contribution in [0.5, 0.6) is 11.6 Å². The number of hydrogen-bond donors (Lipinski definition) is 1. The smallest absolute Gasteiger partial charge is 0.250 e. The Balaban J connectivity index is 1.32. The number of nitrogens with zero attached hydrogens (tertiary/aromatic N) is 4. The van der Waals surface area contributed by atoms with E-state index in [1.165, 1.54) is 0 Å². The van der Waals surface area contributed by atoms with E-state index in [4.69, 9.17) is 9.47 Å². The molecule has 0 saturated heterocycles. The Kier molecular flexibility index (Phi) is 6.29. The van der Waals surface area contributed by atoms with Crippen LogP contribution in [0.2, 0.25) is 0 Å². The van der Waals surface area contributed by atoms with Crippen molar-refractivity contribution in [1.29, 1.82) is 0 Å². The van der Waals surface area contributed by atoms with Crippen molar-refractivity contribution in [3.8, 4) is 17.4 Å². The highest BCUT2D eigenvalue weighted by Gasteiger charge is 2.08. The lowest BCUT2D eigenvalue weighted by Crippen LogP contribution is -2.18. The van der Waals surface area contributed by atoms with Gasteiger partial charge in [0.1, 0.15) is 18.2 Å². The Morgan fingerprint density at radius 3 is 2.58 bits per heavy atom. The van der Waals surface area contributed by atoms with E-state index >= 15 is 0 Å². The summed E-state index contributed by atoms with van der Waals surface area (Å²) in [7, 11) is 0. The van der Waals surface area contributed by atoms with Crippen molar-refractivity contribution in [2.24, 2.45) is 0 Å². The summed E-state index contributed by atoms with van der Waals surface area (Å²) >= 11 is 0. The number of anilines is 1. The summed E-state index contributed by atoms with van der Waals surface area (Å²) in [6.07, 6.45) is 3.48. The fourth-order valence-electron chi connectivity index (χ4n) is 2.86. The summed E-state index contributed by atoms with van der Waals surface area (Å²) in [6.45, 7) is 2.15. The molecule has 4 aromatic rings. The highest BCUT2D eigenvalue weighted by atomic mass is 16.5. The van der Waals surface area contributed by atoms with Crippen LogP contribution in [-0.2, 0) is 16.1 Å². The zero-order valence-electron chi connectivity index (χ0n) is 16.9. The Morgan fingerprint density at radius 1 is 1.03 bits per heavy atom. The van der Waals surface area contributed by atoms with Crippen LogP contribution in [0, 0.1) is 6.92 Å². The predicted octanol–water partition coefficient (Wildman–Crippen LogP) is 3.92. The lowest BCUT2D eigenvalue weighted by Gasteiger charge is -2.09. The van der Waals surface area contributed by atoms with E-state index < -0.39 is 0 Å². The van der Waals surface area contributed by atoms with Crippen molar-refractivity contribution in [2.45, 2.75) is 13.5 Å². The van der Waals surface area contributed by atoms with E-state index in [2.05, 4.69) is 20.4 Å². The number of carbonyl (C=O) groups excluding carboxylic acids is 1. The van der Waals surface area contributed by atoms with Gasteiger partial charge in [0.25, 0.3) is 0 Å². The van der Waals surface area contributed by atoms with Gasteiger partial charge in [0.05, 0.1) is 6.61 Å². The van der Waals surface area contributed by atoms with Crippen molar-refractivity contribution < 1.29 is 14.3 Å². The number of amides is 1. The van der Waals surface area contributed by atoms with Gasteiger partial charge >= 0.3 is 0 Å². The molecule has 2 heterocycles. The summed E-state index contributed by atoms with van der Waals surface area (Å²) in [5.41, 5.74) is 1.67. The van der Waals surface area contributed by atoms with Crippen LogP contribution in [0.1, 0.15) is 11.4 Å². The minimum Gasteiger partial charge on any atom is -0.439 e. The van der Waals surface area contributed by atoms with Gasteiger partial charge in [-0.2, -0.15) is 10.1 Å². The highest BCUT2D eigenvalue weighted by molar-refractivity contribution is 5.91. The second-order valence-corrected chi connectivity index (χ2v) is 6.72. The average Bonchev–Trinajstić information content (AvgIpc) is 3.31. The van der Waals surface area contributed by atoms with E-state index in [0.717, 1.165) is 5.56 Å². The largest absolute Gasteiger partial charge is 0.439 e. The number of hydrogen-bond acceptors (Lipinski definition) is 6. The molecule has 0 spiro atoms. The maximum atomic E-state index is 12.1. The fourth-order valence-corrected chi connectivity index (χ4v) is 2.86. The molecule has 0 aliphatic carbocycles. The summed E-state index contributed by atoms with van der Waals surface area (Å²) < 4.78 is 12.9. The van der Waals surface area contributed by atoms with Crippen LogP contribution in [0.15, 0.2) is 79.1 Å². The lowest BCUT2D eigenvalue weighted by molar-refractivity contribution is -0.121. The zero-order chi connectivity index (χ0) is 21.5. The molecule has 0 saturated carbocycles. The normalized spacial score (nSPS) is 10.6. The number of aryl methyl sites for hydroxylation is 1. The van der Waals surface area contributed by atoms with Crippen molar-refractivity contribution >= 4 is 11.6 Å². The predicted molar refractivity (Wildman–Crippen MR) is 115 cm³/mol. The summed E-state index contributed by atoms with van der Waals surface area (Å²) in [5.74, 6) is 1.96. The van der Waals surface area contributed by atoms with Crippen molar-refractivity contribution in [1.82, 2.24) is 19.7 Å². The molecule has 0 aliphatic rings. The molecular weight excluding hydrogens is 394 g/mol.